The molecule has 1 saturated heterocycles. The van der Waals surface area contributed by atoms with Crippen molar-refractivity contribution in [3.05, 3.63) is 65.2 Å². The number of amides is 1. The van der Waals surface area contributed by atoms with Crippen LogP contribution >= 0.6 is 11.6 Å². The van der Waals surface area contributed by atoms with Gasteiger partial charge in [0.05, 0.1) is 4.90 Å². The number of hydrogen-bond donors (Lipinski definition) is 0. The molecular weight excluding hydrogens is 370 g/mol. The Morgan fingerprint density at radius 1 is 1.00 bits per heavy atom. The lowest BCUT2D eigenvalue weighted by Gasteiger charge is -2.32. The summed E-state index contributed by atoms with van der Waals surface area (Å²) in [6.07, 6.45) is 2.81. The molecule has 0 atom stereocenters. The van der Waals surface area contributed by atoms with Crippen LogP contribution < -0.4 is 0 Å². The van der Waals surface area contributed by atoms with Crippen molar-refractivity contribution >= 4 is 27.3 Å². The van der Waals surface area contributed by atoms with Gasteiger partial charge in [0.2, 0.25) is 5.91 Å². The largest absolute Gasteiger partial charge is 0.342 e. The Bertz CT molecular complexity index is 842. The first-order valence-corrected chi connectivity index (χ1v) is 10.8. The molecule has 0 saturated carbocycles. The number of nitrogens with zero attached hydrogens (tertiary/aromatic N) is 1. The standard InChI is InChI=1S/C20H22ClNO3S/c21-18-6-8-19(9-7-18)26(24,25)15-20(23)22-12-10-17(11-13-22)14-16-4-2-1-3-5-16/h1-9,17H,10-15H2. The summed E-state index contributed by atoms with van der Waals surface area (Å²) in [5.41, 5.74) is 1.31. The molecule has 0 unspecified atom stereocenters. The molecule has 1 aliphatic heterocycles. The highest BCUT2D eigenvalue weighted by molar-refractivity contribution is 7.92. The van der Waals surface area contributed by atoms with Gasteiger partial charge in [0.1, 0.15) is 5.75 Å². The van der Waals surface area contributed by atoms with Gasteiger partial charge in [-0.3, -0.25) is 4.79 Å². The zero-order chi connectivity index (χ0) is 18.6. The number of sulfone groups is 1. The van der Waals surface area contributed by atoms with Gasteiger partial charge in [0.25, 0.3) is 0 Å². The van der Waals surface area contributed by atoms with Gasteiger partial charge in [-0.25, -0.2) is 8.42 Å². The minimum absolute atomic E-state index is 0.134. The number of carbonyl (C=O) groups excluding carboxylic acids is 1. The van der Waals surface area contributed by atoms with E-state index in [0.717, 1.165) is 19.3 Å². The van der Waals surface area contributed by atoms with Crippen LogP contribution in [0.5, 0.6) is 0 Å². The van der Waals surface area contributed by atoms with Crippen molar-refractivity contribution in [3.8, 4) is 0 Å². The van der Waals surface area contributed by atoms with Crippen molar-refractivity contribution in [1.29, 1.82) is 0 Å². The number of piperidine rings is 1. The van der Waals surface area contributed by atoms with Crippen LogP contribution in [0.2, 0.25) is 5.02 Å². The van der Waals surface area contributed by atoms with Gasteiger partial charge in [-0.1, -0.05) is 41.9 Å². The smallest absolute Gasteiger partial charge is 0.238 e. The third kappa shape index (κ3) is 4.86. The summed E-state index contributed by atoms with van der Waals surface area (Å²) in [4.78, 5) is 14.2. The lowest BCUT2D eigenvalue weighted by Crippen LogP contribution is -2.41. The van der Waals surface area contributed by atoms with E-state index < -0.39 is 15.6 Å². The molecule has 1 fully saturated rings. The average Bonchev–Trinajstić information content (AvgIpc) is 2.63. The molecule has 0 radical (unpaired) electrons. The molecular formula is C20H22ClNO3S. The fraction of sp³-hybridized carbons (Fsp3) is 0.350. The molecule has 0 N–H and O–H groups in total. The van der Waals surface area contributed by atoms with Crippen LogP contribution in [-0.4, -0.2) is 38.1 Å². The fourth-order valence-corrected chi connectivity index (χ4v) is 4.66. The molecule has 6 heteroatoms. The number of benzene rings is 2. The zero-order valence-corrected chi connectivity index (χ0v) is 16.0. The van der Waals surface area contributed by atoms with E-state index in [1.54, 1.807) is 4.90 Å². The number of likely N-dealkylation sites (tertiary alicyclic amines) is 1. The molecule has 0 aromatic heterocycles. The van der Waals surface area contributed by atoms with E-state index in [1.165, 1.54) is 29.8 Å². The lowest BCUT2D eigenvalue weighted by atomic mass is 9.90. The number of rotatable bonds is 5. The Kier molecular flexibility index (Phi) is 5.99. The summed E-state index contributed by atoms with van der Waals surface area (Å²) < 4.78 is 24.8. The first kappa shape index (κ1) is 18.9. The molecule has 0 spiro atoms. The van der Waals surface area contributed by atoms with Crippen molar-refractivity contribution in [2.24, 2.45) is 5.92 Å². The number of halogens is 1. The zero-order valence-electron chi connectivity index (χ0n) is 14.5. The van der Waals surface area contributed by atoms with Crippen LogP contribution in [0, 0.1) is 5.92 Å². The molecule has 1 heterocycles. The second-order valence-electron chi connectivity index (χ2n) is 6.73. The first-order chi connectivity index (χ1) is 12.4. The third-order valence-corrected chi connectivity index (χ3v) is 6.69. The Morgan fingerprint density at radius 3 is 2.23 bits per heavy atom. The van der Waals surface area contributed by atoms with Gasteiger partial charge in [-0.05, 0) is 55.0 Å². The number of hydrogen-bond acceptors (Lipinski definition) is 3. The maximum Gasteiger partial charge on any atom is 0.238 e. The van der Waals surface area contributed by atoms with Crippen molar-refractivity contribution < 1.29 is 13.2 Å². The van der Waals surface area contributed by atoms with E-state index >= 15 is 0 Å². The highest BCUT2D eigenvalue weighted by Gasteiger charge is 2.27. The summed E-state index contributed by atoms with van der Waals surface area (Å²) in [7, 11) is -3.64. The highest BCUT2D eigenvalue weighted by Crippen LogP contribution is 2.22. The molecule has 0 bridgehead atoms. The summed E-state index contributed by atoms with van der Waals surface area (Å²) in [5.74, 6) is -0.273. The Hall–Kier alpha value is -1.85. The Labute approximate surface area is 159 Å². The lowest BCUT2D eigenvalue weighted by molar-refractivity contribution is -0.129. The van der Waals surface area contributed by atoms with Crippen molar-refractivity contribution in [2.75, 3.05) is 18.8 Å². The number of carbonyl (C=O) groups is 1. The predicted octanol–water partition coefficient (Wildman–Crippen LogP) is 3.60. The first-order valence-electron chi connectivity index (χ1n) is 8.74. The molecule has 26 heavy (non-hydrogen) atoms. The normalized spacial score (nSPS) is 15.8. The van der Waals surface area contributed by atoms with Crippen LogP contribution in [0.3, 0.4) is 0 Å². The summed E-state index contributed by atoms with van der Waals surface area (Å²) in [5, 5.41) is 0.468. The minimum Gasteiger partial charge on any atom is -0.342 e. The topological polar surface area (TPSA) is 54.5 Å². The second-order valence-corrected chi connectivity index (χ2v) is 9.15. The van der Waals surface area contributed by atoms with Gasteiger partial charge >= 0.3 is 0 Å². The SMILES string of the molecule is O=C(CS(=O)(=O)c1ccc(Cl)cc1)N1CCC(Cc2ccccc2)CC1. The highest BCUT2D eigenvalue weighted by atomic mass is 35.5. The van der Waals surface area contributed by atoms with E-state index in [-0.39, 0.29) is 10.8 Å². The average molecular weight is 392 g/mol. The molecule has 0 aliphatic carbocycles. The van der Waals surface area contributed by atoms with Crippen LogP contribution in [0.1, 0.15) is 18.4 Å². The van der Waals surface area contributed by atoms with E-state index in [1.807, 2.05) is 18.2 Å². The van der Waals surface area contributed by atoms with Crippen molar-refractivity contribution in [1.82, 2.24) is 4.90 Å². The quantitative estimate of drug-likeness (QED) is 0.782. The molecule has 3 rings (SSSR count). The van der Waals surface area contributed by atoms with E-state index in [9.17, 15) is 13.2 Å². The second kappa shape index (κ2) is 8.23. The van der Waals surface area contributed by atoms with Gasteiger partial charge in [0.15, 0.2) is 9.84 Å². The van der Waals surface area contributed by atoms with Crippen LogP contribution in [0.4, 0.5) is 0 Å². The van der Waals surface area contributed by atoms with Gasteiger partial charge < -0.3 is 4.90 Å². The maximum absolute atomic E-state index is 12.4. The van der Waals surface area contributed by atoms with E-state index in [0.29, 0.717) is 24.0 Å². The van der Waals surface area contributed by atoms with Crippen LogP contribution in [0.15, 0.2) is 59.5 Å². The van der Waals surface area contributed by atoms with Gasteiger partial charge in [-0.2, -0.15) is 0 Å². The summed E-state index contributed by atoms with van der Waals surface area (Å²) in [6, 6.07) is 16.2. The van der Waals surface area contributed by atoms with Crippen LogP contribution in [0.25, 0.3) is 0 Å². The van der Waals surface area contributed by atoms with E-state index in [4.69, 9.17) is 11.6 Å². The Morgan fingerprint density at radius 2 is 1.62 bits per heavy atom. The minimum atomic E-state index is -3.64. The molecule has 4 nitrogen and oxygen atoms in total. The van der Waals surface area contributed by atoms with Gasteiger partial charge in [-0.15, -0.1) is 0 Å². The molecule has 1 aliphatic rings. The van der Waals surface area contributed by atoms with Crippen molar-refractivity contribution in [3.63, 3.8) is 0 Å². The maximum atomic E-state index is 12.4. The van der Waals surface area contributed by atoms with Crippen molar-refractivity contribution in [2.45, 2.75) is 24.2 Å². The Balaban J connectivity index is 1.54. The summed E-state index contributed by atoms with van der Waals surface area (Å²) in [6.45, 7) is 1.24. The molecule has 138 valence electrons. The fourth-order valence-electron chi connectivity index (χ4n) is 3.31. The molecule has 2 aromatic carbocycles. The molecule has 1 amide bonds. The monoisotopic (exact) mass is 391 g/mol. The van der Waals surface area contributed by atoms with Crippen LogP contribution in [-0.2, 0) is 21.1 Å². The molecule has 2 aromatic rings. The van der Waals surface area contributed by atoms with E-state index in [2.05, 4.69) is 12.1 Å². The summed E-state index contributed by atoms with van der Waals surface area (Å²) >= 11 is 5.79. The van der Waals surface area contributed by atoms with Gasteiger partial charge in [0, 0.05) is 18.1 Å². The predicted molar refractivity (Wildman–Crippen MR) is 103 cm³/mol. The third-order valence-electron chi connectivity index (χ3n) is 4.82.